The molecule has 0 rings (SSSR count). The summed E-state index contributed by atoms with van der Waals surface area (Å²) in [6.45, 7) is 0. The number of urea groups is 3. The molecule has 0 spiro atoms. The molecule has 104 valence electrons. The van der Waals surface area contributed by atoms with Crippen molar-refractivity contribution in [3.63, 3.8) is 0 Å². The van der Waals surface area contributed by atoms with E-state index in [9.17, 15) is 0 Å². The Balaban J connectivity index is -0.0000000667. The van der Waals surface area contributed by atoms with Crippen molar-refractivity contribution >= 4 is 25.9 Å². The number of rotatable bonds is 0. The van der Waals surface area contributed by atoms with Crippen molar-refractivity contribution in [1.29, 1.82) is 0 Å². The SMILES string of the molecule is NC([NH3+])=O.NC([NH3+])=O.NC([NH3+])=O.O=P([O-])([O-])[O-]. The minimum atomic E-state index is -5.39. The Morgan fingerprint density at radius 3 is 0.765 bits per heavy atom. The molecule has 0 saturated carbocycles. The summed E-state index contributed by atoms with van der Waals surface area (Å²) in [5.74, 6) is 0. The molecule has 0 aromatic heterocycles. The standard InChI is InChI=1S/3CH4N2O.H3O4P/c3*2-1(3)4;1-5(2,3)4/h3*(H4,2,3,4);(H3,1,2,3,4). The van der Waals surface area contributed by atoms with Crippen LogP contribution in [0.2, 0.25) is 0 Å². The van der Waals surface area contributed by atoms with Gasteiger partial charge < -0.3 is 36.4 Å². The van der Waals surface area contributed by atoms with Crippen LogP contribution in [-0.2, 0) is 4.57 Å². The van der Waals surface area contributed by atoms with Crippen molar-refractivity contribution in [2.75, 3.05) is 0 Å². The molecule has 0 aromatic rings. The second kappa shape index (κ2) is 14.4. The molecule has 0 fully saturated rings. The monoisotopic (exact) mass is 278 g/mol. The number of primary amides is 3. The van der Waals surface area contributed by atoms with Gasteiger partial charge in [0.25, 0.3) is 0 Å². The van der Waals surface area contributed by atoms with E-state index in [2.05, 4.69) is 34.4 Å². The highest BCUT2D eigenvalue weighted by Gasteiger charge is 1.69. The summed E-state index contributed by atoms with van der Waals surface area (Å²) in [5.41, 5.74) is 21.4. The Morgan fingerprint density at radius 1 is 0.765 bits per heavy atom. The number of nitrogens with two attached hydrogens (primary N) is 3. The van der Waals surface area contributed by atoms with Gasteiger partial charge in [0.1, 0.15) is 0 Å². The quantitative estimate of drug-likeness (QED) is 0.232. The molecule has 0 aliphatic heterocycles. The van der Waals surface area contributed by atoms with E-state index in [0.29, 0.717) is 0 Å². The zero-order valence-corrected chi connectivity index (χ0v) is 9.55. The fourth-order valence-corrected chi connectivity index (χ4v) is 0. The summed E-state index contributed by atoms with van der Waals surface area (Å²) in [5, 5.41) is 0. The molecule has 0 saturated heterocycles. The van der Waals surface area contributed by atoms with Gasteiger partial charge in [-0.05, 0) is 0 Å². The minimum absolute atomic E-state index is 0.583. The summed E-state index contributed by atoms with van der Waals surface area (Å²) < 4.78 is 8.55. The number of hydrogen-bond donors (Lipinski definition) is 6. The van der Waals surface area contributed by atoms with Crippen LogP contribution in [0, 0.1) is 0 Å². The van der Waals surface area contributed by atoms with E-state index in [1.54, 1.807) is 0 Å². The lowest BCUT2D eigenvalue weighted by atomic mass is 11.2. The van der Waals surface area contributed by atoms with E-state index < -0.39 is 25.9 Å². The zero-order chi connectivity index (χ0) is 15.2. The van der Waals surface area contributed by atoms with Crippen molar-refractivity contribution in [3.05, 3.63) is 0 Å². The molecule has 0 bridgehead atoms. The molecule has 0 aliphatic rings. The van der Waals surface area contributed by atoms with Gasteiger partial charge in [0.15, 0.2) is 0 Å². The van der Waals surface area contributed by atoms with E-state index in [1.165, 1.54) is 0 Å². The summed E-state index contributed by atoms with van der Waals surface area (Å²) in [7, 11) is -5.39. The second-order valence-corrected chi connectivity index (χ2v) is 2.74. The molecule has 14 heteroatoms. The summed E-state index contributed by atoms with van der Waals surface area (Å²) in [6.07, 6.45) is 0. The lowest BCUT2D eigenvalue weighted by Gasteiger charge is -2.36. The molecule has 15 N–H and O–H groups in total. The lowest BCUT2D eigenvalue weighted by Crippen LogP contribution is -2.60. The van der Waals surface area contributed by atoms with Gasteiger partial charge in [0, 0.05) is 0 Å². The number of hydrogen-bond acceptors (Lipinski definition) is 7. The smallest absolute Gasteiger partial charge is 0.409 e. The second-order valence-electron chi connectivity index (χ2n) is 1.85. The van der Waals surface area contributed by atoms with Crippen molar-refractivity contribution in [3.8, 4) is 0 Å². The topological polar surface area (TPSA) is 298 Å². The van der Waals surface area contributed by atoms with Crippen LogP contribution in [-0.4, -0.2) is 18.1 Å². The van der Waals surface area contributed by atoms with Crippen molar-refractivity contribution in [2.45, 2.75) is 0 Å². The molecule has 0 aromatic carbocycles. The van der Waals surface area contributed by atoms with Crippen LogP contribution in [0.3, 0.4) is 0 Å². The van der Waals surface area contributed by atoms with E-state index >= 15 is 0 Å². The van der Waals surface area contributed by atoms with E-state index in [1.807, 2.05) is 0 Å². The van der Waals surface area contributed by atoms with Crippen LogP contribution in [0.25, 0.3) is 0 Å². The maximum atomic E-state index is 9.11. The Labute approximate surface area is 94.9 Å². The first-order valence-corrected chi connectivity index (χ1v) is 4.73. The number of carbonyl (C=O) groups is 3. The zero-order valence-electron chi connectivity index (χ0n) is 8.66. The molecule has 0 aliphatic carbocycles. The number of carbonyl (C=O) groups excluding carboxylic acids is 3. The van der Waals surface area contributed by atoms with Crippen LogP contribution < -0.4 is 49.1 Å². The van der Waals surface area contributed by atoms with Gasteiger partial charge in [-0.3, -0.25) is 17.2 Å². The molecule has 17 heavy (non-hydrogen) atoms. The Bertz CT molecular complexity index is 226. The third-order valence-corrected chi connectivity index (χ3v) is 0. The van der Waals surface area contributed by atoms with Crippen LogP contribution in [0.15, 0.2) is 0 Å². The molecule has 0 heterocycles. The Kier molecular flexibility index (Phi) is 20.8. The first-order chi connectivity index (χ1) is 7.20. The van der Waals surface area contributed by atoms with Gasteiger partial charge >= 0.3 is 18.1 Å². The summed E-state index contributed by atoms with van der Waals surface area (Å²) >= 11 is 0. The Morgan fingerprint density at radius 2 is 0.765 bits per heavy atom. The summed E-state index contributed by atoms with van der Waals surface area (Å²) in [6, 6.07) is -1.75. The molecular weight excluding hydrogens is 263 g/mol. The first-order valence-electron chi connectivity index (χ1n) is 3.27. The fourth-order valence-electron chi connectivity index (χ4n) is 0. The normalized spacial score (nSPS) is 7.88. The largest absolute Gasteiger partial charge is 0.822 e. The van der Waals surface area contributed by atoms with Crippen LogP contribution in [0.5, 0.6) is 0 Å². The van der Waals surface area contributed by atoms with Crippen molar-refractivity contribution in [2.24, 2.45) is 17.2 Å². The molecular formula is C3H15N6O7P. The fraction of sp³-hybridized carbons (Fsp3) is 0. The van der Waals surface area contributed by atoms with Crippen molar-refractivity contribution < 1.29 is 50.8 Å². The maximum Gasteiger partial charge on any atom is 0.409 e. The van der Waals surface area contributed by atoms with Gasteiger partial charge in [-0.25, -0.2) is 14.4 Å². The Hall–Kier alpha value is -1.60. The molecule has 0 radical (unpaired) electrons. The predicted molar refractivity (Wildman–Crippen MR) is 45.0 cm³/mol. The average molecular weight is 278 g/mol. The number of phosphoric acid groups is 1. The average Bonchev–Trinajstić information content (AvgIpc) is 1.73. The van der Waals surface area contributed by atoms with Crippen LogP contribution in [0.4, 0.5) is 14.4 Å². The third-order valence-electron chi connectivity index (χ3n) is 0. The van der Waals surface area contributed by atoms with Crippen molar-refractivity contribution in [1.82, 2.24) is 0 Å². The van der Waals surface area contributed by atoms with Crippen LogP contribution >= 0.6 is 7.82 Å². The highest BCUT2D eigenvalue weighted by Crippen LogP contribution is 2.03. The molecule has 13 nitrogen and oxygen atoms in total. The summed E-state index contributed by atoms with van der Waals surface area (Å²) in [4.78, 5) is 53.0. The highest BCUT2D eigenvalue weighted by molar-refractivity contribution is 7.40. The lowest BCUT2D eigenvalue weighted by molar-refractivity contribution is -0.432. The van der Waals surface area contributed by atoms with Gasteiger partial charge in [-0.1, -0.05) is 0 Å². The maximum absolute atomic E-state index is 9.11. The van der Waals surface area contributed by atoms with Gasteiger partial charge in [-0.15, -0.1) is 0 Å². The van der Waals surface area contributed by atoms with Gasteiger partial charge in [0.2, 0.25) is 0 Å². The predicted octanol–water partition coefficient (Wildman–Crippen LogP) is -7.90. The van der Waals surface area contributed by atoms with E-state index in [-0.39, 0.29) is 0 Å². The van der Waals surface area contributed by atoms with E-state index in [0.717, 1.165) is 0 Å². The minimum Gasteiger partial charge on any atom is -0.822 e. The number of quaternary nitrogens is 3. The highest BCUT2D eigenvalue weighted by atomic mass is 31.2. The van der Waals surface area contributed by atoms with Gasteiger partial charge in [-0.2, -0.15) is 7.82 Å². The third kappa shape index (κ3) is 865. The van der Waals surface area contributed by atoms with Crippen LogP contribution in [0.1, 0.15) is 0 Å². The first kappa shape index (κ1) is 24.6. The van der Waals surface area contributed by atoms with E-state index in [4.69, 9.17) is 33.6 Å². The molecule has 0 unspecified atom stereocenters. The van der Waals surface area contributed by atoms with Gasteiger partial charge in [0.05, 0.1) is 0 Å². The number of amides is 6. The molecule has 6 amide bonds. The molecule has 0 atom stereocenters.